The summed E-state index contributed by atoms with van der Waals surface area (Å²) in [6.45, 7) is 1.76. The summed E-state index contributed by atoms with van der Waals surface area (Å²) in [6, 6.07) is 8.44. The number of carbonyl (C=O) groups excluding carboxylic acids is 1. The molecule has 0 unspecified atom stereocenters. The summed E-state index contributed by atoms with van der Waals surface area (Å²) in [6.07, 6.45) is 1.37. The van der Waals surface area contributed by atoms with Gasteiger partial charge in [-0.3, -0.25) is 0 Å². The van der Waals surface area contributed by atoms with Crippen LogP contribution in [0.3, 0.4) is 0 Å². The molecule has 2 aromatic carbocycles. The number of ether oxygens (including phenoxy) is 4. The molecule has 0 radical (unpaired) electrons. The van der Waals surface area contributed by atoms with E-state index in [-0.39, 0.29) is 35.3 Å². The predicted octanol–water partition coefficient (Wildman–Crippen LogP) is 3.76. The topological polar surface area (TPSA) is 79.8 Å². The first-order chi connectivity index (χ1) is 13.1. The van der Waals surface area contributed by atoms with E-state index in [0.29, 0.717) is 11.0 Å². The van der Waals surface area contributed by atoms with Gasteiger partial charge in [-0.2, -0.15) is 4.39 Å². The van der Waals surface area contributed by atoms with Crippen molar-refractivity contribution in [2.45, 2.75) is 6.92 Å². The number of para-hydroxylation sites is 2. The fraction of sp³-hybridized carbons (Fsp3) is 0.211. The van der Waals surface area contributed by atoms with E-state index in [4.69, 9.17) is 18.9 Å². The first kappa shape index (κ1) is 18.4. The molecule has 0 N–H and O–H groups in total. The molecule has 140 valence electrons. The standard InChI is InChI=1S/C19H17FN2O5/c1-4-26-19(23)16-13(24-2)9-14(17(20)18(16)25-3)27-15-10-21-11-7-5-6-8-12(11)22-15/h5-10H,4H2,1-3H3. The fourth-order valence-electron chi connectivity index (χ4n) is 2.51. The third-order valence-electron chi connectivity index (χ3n) is 3.70. The smallest absolute Gasteiger partial charge is 0.345 e. The Balaban J connectivity index is 2.05. The summed E-state index contributed by atoms with van der Waals surface area (Å²) < 4.78 is 35.6. The van der Waals surface area contributed by atoms with Gasteiger partial charge in [-0.05, 0) is 19.1 Å². The Morgan fingerprint density at radius 3 is 2.52 bits per heavy atom. The van der Waals surface area contributed by atoms with Crippen LogP contribution in [0.1, 0.15) is 17.3 Å². The summed E-state index contributed by atoms with van der Waals surface area (Å²) in [4.78, 5) is 20.7. The number of aromatic nitrogens is 2. The van der Waals surface area contributed by atoms with Crippen molar-refractivity contribution in [3.8, 4) is 23.1 Å². The Hall–Kier alpha value is -3.42. The van der Waals surface area contributed by atoms with Gasteiger partial charge < -0.3 is 18.9 Å². The van der Waals surface area contributed by atoms with Gasteiger partial charge >= 0.3 is 5.97 Å². The summed E-state index contributed by atoms with van der Waals surface area (Å²) in [5.74, 6) is -2.06. The highest BCUT2D eigenvalue weighted by Gasteiger charge is 2.27. The number of methoxy groups -OCH3 is 2. The van der Waals surface area contributed by atoms with E-state index < -0.39 is 11.8 Å². The first-order valence-corrected chi connectivity index (χ1v) is 8.10. The Kier molecular flexibility index (Phi) is 5.35. The SMILES string of the molecule is CCOC(=O)c1c(OC)cc(Oc2cnc3ccccc3n2)c(F)c1OC. The van der Waals surface area contributed by atoms with Gasteiger partial charge in [0.2, 0.25) is 11.7 Å². The number of fused-ring (bicyclic) bond motifs is 1. The molecule has 0 fully saturated rings. The molecule has 0 saturated heterocycles. The Labute approximate surface area is 154 Å². The highest BCUT2D eigenvalue weighted by Crippen LogP contribution is 2.39. The Morgan fingerprint density at radius 1 is 1.11 bits per heavy atom. The minimum atomic E-state index is -0.878. The molecule has 1 heterocycles. The van der Waals surface area contributed by atoms with Crippen LogP contribution in [0.5, 0.6) is 23.1 Å². The lowest BCUT2D eigenvalue weighted by Crippen LogP contribution is -2.11. The van der Waals surface area contributed by atoms with E-state index >= 15 is 0 Å². The molecule has 0 saturated carbocycles. The third-order valence-corrected chi connectivity index (χ3v) is 3.70. The number of hydrogen-bond acceptors (Lipinski definition) is 7. The lowest BCUT2D eigenvalue weighted by molar-refractivity contribution is 0.0517. The van der Waals surface area contributed by atoms with Gasteiger partial charge in [-0.1, -0.05) is 12.1 Å². The van der Waals surface area contributed by atoms with Gasteiger partial charge in [0.05, 0.1) is 38.1 Å². The van der Waals surface area contributed by atoms with Crippen LogP contribution in [0.15, 0.2) is 36.5 Å². The minimum absolute atomic E-state index is 0.0513. The molecule has 0 bridgehead atoms. The average molecular weight is 372 g/mol. The van der Waals surface area contributed by atoms with Gasteiger partial charge in [0.1, 0.15) is 11.3 Å². The molecule has 8 heteroatoms. The summed E-state index contributed by atoms with van der Waals surface area (Å²) in [7, 11) is 2.58. The number of rotatable bonds is 6. The summed E-state index contributed by atoms with van der Waals surface area (Å²) in [5.41, 5.74) is 1.12. The number of carbonyl (C=O) groups is 1. The van der Waals surface area contributed by atoms with Crippen molar-refractivity contribution in [3.05, 3.63) is 47.9 Å². The second kappa shape index (κ2) is 7.86. The molecular weight excluding hydrogens is 355 g/mol. The first-order valence-electron chi connectivity index (χ1n) is 8.10. The zero-order valence-corrected chi connectivity index (χ0v) is 15.0. The van der Waals surface area contributed by atoms with Crippen LogP contribution in [-0.2, 0) is 4.74 Å². The highest BCUT2D eigenvalue weighted by atomic mass is 19.1. The van der Waals surface area contributed by atoms with Crippen LogP contribution in [-0.4, -0.2) is 36.8 Å². The molecule has 7 nitrogen and oxygen atoms in total. The zero-order chi connectivity index (χ0) is 19.4. The number of halogens is 1. The maximum absolute atomic E-state index is 14.9. The number of hydrogen-bond donors (Lipinski definition) is 0. The van der Waals surface area contributed by atoms with Gasteiger partial charge in [0, 0.05) is 6.07 Å². The van der Waals surface area contributed by atoms with Crippen LogP contribution in [0.4, 0.5) is 4.39 Å². The van der Waals surface area contributed by atoms with Gasteiger partial charge in [-0.15, -0.1) is 0 Å². The molecule has 27 heavy (non-hydrogen) atoms. The second-order valence-corrected chi connectivity index (χ2v) is 5.32. The van der Waals surface area contributed by atoms with E-state index in [1.54, 1.807) is 19.1 Å². The summed E-state index contributed by atoms with van der Waals surface area (Å²) >= 11 is 0. The van der Waals surface area contributed by atoms with Crippen molar-refractivity contribution in [1.82, 2.24) is 9.97 Å². The van der Waals surface area contributed by atoms with Crippen molar-refractivity contribution < 1.29 is 28.1 Å². The fourth-order valence-corrected chi connectivity index (χ4v) is 2.51. The average Bonchev–Trinajstić information content (AvgIpc) is 2.69. The number of esters is 1. The van der Waals surface area contributed by atoms with Crippen molar-refractivity contribution in [2.24, 2.45) is 0 Å². The largest absolute Gasteiger partial charge is 0.496 e. The molecule has 0 aliphatic rings. The van der Waals surface area contributed by atoms with Gasteiger partial charge in [-0.25, -0.2) is 14.8 Å². The Bertz CT molecular complexity index is 993. The summed E-state index contributed by atoms with van der Waals surface area (Å²) in [5, 5.41) is 0. The lowest BCUT2D eigenvalue weighted by Gasteiger charge is -2.16. The van der Waals surface area contributed by atoms with Crippen molar-refractivity contribution in [1.29, 1.82) is 0 Å². The van der Waals surface area contributed by atoms with E-state index in [2.05, 4.69) is 9.97 Å². The zero-order valence-electron chi connectivity index (χ0n) is 15.0. The Morgan fingerprint density at radius 2 is 1.85 bits per heavy atom. The van der Waals surface area contributed by atoms with Crippen molar-refractivity contribution in [2.75, 3.05) is 20.8 Å². The van der Waals surface area contributed by atoms with Crippen LogP contribution in [0.2, 0.25) is 0 Å². The van der Waals surface area contributed by atoms with E-state index in [0.717, 1.165) is 0 Å². The second-order valence-electron chi connectivity index (χ2n) is 5.32. The predicted molar refractivity (Wildman–Crippen MR) is 95.1 cm³/mol. The van der Waals surface area contributed by atoms with Gasteiger partial charge in [0.15, 0.2) is 11.5 Å². The molecule has 3 rings (SSSR count). The van der Waals surface area contributed by atoms with E-state index in [9.17, 15) is 9.18 Å². The highest BCUT2D eigenvalue weighted by molar-refractivity contribution is 5.96. The van der Waals surface area contributed by atoms with E-state index in [1.165, 1.54) is 26.5 Å². The molecule has 3 aromatic rings. The van der Waals surface area contributed by atoms with Crippen molar-refractivity contribution >= 4 is 17.0 Å². The number of benzene rings is 2. The molecular formula is C19H17FN2O5. The molecule has 0 amide bonds. The minimum Gasteiger partial charge on any atom is -0.496 e. The van der Waals surface area contributed by atoms with Crippen molar-refractivity contribution in [3.63, 3.8) is 0 Å². The maximum atomic E-state index is 14.9. The van der Waals surface area contributed by atoms with E-state index in [1.807, 2.05) is 12.1 Å². The van der Waals surface area contributed by atoms with Crippen LogP contribution in [0, 0.1) is 5.82 Å². The molecule has 0 aliphatic heterocycles. The normalized spacial score (nSPS) is 10.5. The molecule has 0 aliphatic carbocycles. The molecule has 1 aromatic heterocycles. The molecule has 0 atom stereocenters. The quantitative estimate of drug-likeness (QED) is 0.610. The van der Waals surface area contributed by atoms with Gasteiger partial charge in [0.25, 0.3) is 0 Å². The number of nitrogens with zero attached hydrogens (tertiary/aromatic N) is 2. The van der Waals surface area contributed by atoms with Crippen LogP contribution >= 0.6 is 0 Å². The lowest BCUT2D eigenvalue weighted by atomic mass is 10.1. The maximum Gasteiger partial charge on any atom is 0.345 e. The van der Waals surface area contributed by atoms with Crippen LogP contribution < -0.4 is 14.2 Å². The third kappa shape index (κ3) is 3.59. The monoisotopic (exact) mass is 372 g/mol. The van der Waals surface area contributed by atoms with Crippen LogP contribution in [0.25, 0.3) is 11.0 Å². The molecule has 0 spiro atoms.